The van der Waals surface area contributed by atoms with E-state index < -0.39 is 15.6 Å². The maximum absolute atomic E-state index is 12.5. The van der Waals surface area contributed by atoms with Crippen LogP contribution in [0.2, 0.25) is 0 Å². The Morgan fingerprint density at radius 3 is 1.45 bits per heavy atom. The number of nitro groups is 2. The number of benzene rings is 2. The van der Waals surface area contributed by atoms with Gasteiger partial charge in [0.15, 0.2) is 5.78 Å². The van der Waals surface area contributed by atoms with Crippen LogP contribution in [-0.4, -0.2) is 15.6 Å². The van der Waals surface area contributed by atoms with Gasteiger partial charge in [-0.25, -0.2) is 0 Å². The molecule has 22 heavy (non-hydrogen) atoms. The molecule has 0 aliphatic carbocycles. The van der Waals surface area contributed by atoms with Crippen LogP contribution < -0.4 is 0 Å². The predicted octanol–water partition coefficient (Wildman–Crippen LogP) is 3.35. The molecule has 0 aliphatic heterocycles. The van der Waals surface area contributed by atoms with Crippen molar-refractivity contribution < 1.29 is 14.6 Å². The molecule has 2 aromatic rings. The standard InChI is InChI=1S/C15H12N2O5/c1-9-3-11(7-13(5-9)16(19)20)15(18)12-4-10(2)6-14(8-12)17(21)22/h3-8H,1-2H3. The molecule has 0 unspecified atom stereocenters. The Balaban J connectivity index is 2.53. The van der Waals surface area contributed by atoms with Crippen molar-refractivity contribution in [2.24, 2.45) is 0 Å². The topological polar surface area (TPSA) is 103 Å². The Kier molecular flexibility index (Phi) is 3.98. The molecule has 0 heterocycles. The number of nitrogens with zero attached hydrogens (tertiary/aromatic N) is 2. The van der Waals surface area contributed by atoms with Gasteiger partial charge in [-0.15, -0.1) is 0 Å². The summed E-state index contributed by atoms with van der Waals surface area (Å²) in [5, 5.41) is 21.7. The molecule has 7 nitrogen and oxygen atoms in total. The molecule has 0 fully saturated rings. The molecule has 0 aromatic heterocycles. The van der Waals surface area contributed by atoms with Gasteiger partial charge in [0.25, 0.3) is 11.4 Å². The van der Waals surface area contributed by atoms with Crippen molar-refractivity contribution in [2.45, 2.75) is 13.8 Å². The van der Waals surface area contributed by atoms with Gasteiger partial charge in [0, 0.05) is 35.4 Å². The van der Waals surface area contributed by atoms with E-state index in [1.807, 2.05) is 0 Å². The molecule has 2 rings (SSSR count). The van der Waals surface area contributed by atoms with E-state index in [1.165, 1.54) is 36.4 Å². The Bertz CT molecular complexity index is 733. The first-order valence-electron chi connectivity index (χ1n) is 6.35. The van der Waals surface area contributed by atoms with Crippen LogP contribution in [0.4, 0.5) is 11.4 Å². The number of nitro benzene ring substituents is 2. The van der Waals surface area contributed by atoms with E-state index in [4.69, 9.17) is 0 Å². The smallest absolute Gasteiger partial charge is 0.270 e. The lowest BCUT2D eigenvalue weighted by Gasteiger charge is -2.04. The molecule has 0 saturated heterocycles. The van der Waals surface area contributed by atoms with Gasteiger partial charge in [-0.3, -0.25) is 25.0 Å². The summed E-state index contributed by atoms with van der Waals surface area (Å²) < 4.78 is 0. The third-order valence-corrected chi connectivity index (χ3v) is 3.07. The fourth-order valence-electron chi connectivity index (χ4n) is 2.17. The Morgan fingerprint density at radius 2 is 1.14 bits per heavy atom. The van der Waals surface area contributed by atoms with E-state index in [1.54, 1.807) is 13.8 Å². The molecule has 7 heteroatoms. The van der Waals surface area contributed by atoms with Gasteiger partial charge in [0.2, 0.25) is 0 Å². The number of hydrogen-bond donors (Lipinski definition) is 0. The average Bonchev–Trinajstić information content (AvgIpc) is 2.45. The number of non-ortho nitro benzene ring substituents is 2. The zero-order valence-electron chi connectivity index (χ0n) is 11.9. The van der Waals surface area contributed by atoms with Crippen LogP contribution in [0, 0.1) is 34.1 Å². The fourth-order valence-corrected chi connectivity index (χ4v) is 2.17. The fraction of sp³-hybridized carbons (Fsp3) is 0.133. The maximum atomic E-state index is 12.5. The van der Waals surface area contributed by atoms with Gasteiger partial charge in [-0.1, -0.05) is 0 Å². The average molecular weight is 300 g/mol. The minimum absolute atomic E-state index is 0.131. The van der Waals surface area contributed by atoms with Gasteiger partial charge in [-0.2, -0.15) is 0 Å². The Hall–Kier alpha value is -3.09. The van der Waals surface area contributed by atoms with Crippen molar-refractivity contribution in [2.75, 3.05) is 0 Å². The summed E-state index contributed by atoms with van der Waals surface area (Å²) in [4.78, 5) is 33.0. The number of aryl methyl sites for hydroxylation is 2. The van der Waals surface area contributed by atoms with Crippen LogP contribution in [0.15, 0.2) is 36.4 Å². The van der Waals surface area contributed by atoms with Gasteiger partial charge in [0.1, 0.15) is 0 Å². The third-order valence-electron chi connectivity index (χ3n) is 3.07. The van der Waals surface area contributed by atoms with E-state index in [-0.39, 0.29) is 22.5 Å². The van der Waals surface area contributed by atoms with Crippen molar-refractivity contribution in [1.82, 2.24) is 0 Å². The number of ketones is 1. The molecule has 0 spiro atoms. The molecule has 0 radical (unpaired) electrons. The van der Waals surface area contributed by atoms with Crippen LogP contribution >= 0.6 is 0 Å². The van der Waals surface area contributed by atoms with E-state index in [9.17, 15) is 25.0 Å². The molecule has 0 amide bonds. The lowest BCUT2D eigenvalue weighted by Crippen LogP contribution is -2.04. The van der Waals surface area contributed by atoms with E-state index in [0.717, 1.165) is 0 Å². The zero-order valence-corrected chi connectivity index (χ0v) is 11.9. The van der Waals surface area contributed by atoms with E-state index in [2.05, 4.69) is 0 Å². The minimum Gasteiger partial charge on any atom is -0.289 e. The minimum atomic E-state index is -0.581. The van der Waals surface area contributed by atoms with E-state index >= 15 is 0 Å². The normalized spacial score (nSPS) is 10.3. The first-order chi connectivity index (χ1) is 10.3. The first-order valence-corrected chi connectivity index (χ1v) is 6.35. The van der Waals surface area contributed by atoms with Crippen LogP contribution in [-0.2, 0) is 0 Å². The van der Waals surface area contributed by atoms with Crippen LogP contribution in [0.1, 0.15) is 27.0 Å². The van der Waals surface area contributed by atoms with Crippen LogP contribution in [0.3, 0.4) is 0 Å². The van der Waals surface area contributed by atoms with Gasteiger partial charge >= 0.3 is 0 Å². The molecule has 0 bridgehead atoms. The molecule has 2 aromatic carbocycles. The van der Waals surface area contributed by atoms with Crippen molar-refractivity contribution in [3.63, 3.8) is 0 Å². The molecule has 0 saturated carbocycles. The molecule has 0 N–H and O–H groups in total. The maximum Gasteiger partial charge on any atom is 0.270 e. The zero-order chi connectivity index (χ0) is 16.4. The second kappa shape index (κ2) is 5.72. The van der Waals surface area contributed by atoms with Crippen molar-refractivity contribution >= 4 is 17.2 Å². The van der Waals surface area contributed by atoms with Crippen LogP contribution in [0.25, 0.3) is 0 Å². The lowest BCUT2D eigenvalue weighted by molar-refractivity contribution is -0.385. The van der Waals surface area contributed by atoms with Gasteiger partial charge < -0.3 is 0 Å². The highest BCUT2D eigenvalue weighted by Crippen LogP contribution is 2.22. The molecular formula is C15H12N2O5. The number of carbonyl (C=O) groups excluding carboxylic acids is 1. The largest absolute Gasteiger partial charge is 0.289 e. The molecule has 112 valence electrons. The summed E-state index contributed by atoms with van der Waals surface area (Å²) in [6.45, 7) is 3.28. The molecule has 0 aliphatic rings. The number of carbonyl (C=O) groups is 1. The summed E-state index contributed by atoms with van der Waals surface area (Å²) in [6, 6.07) is 8.09. The Labute approximate surface area is 125 Å². The quantitative estimate of drug-likeness (QED) is 0.489. The van der Waals surface area contributed by atoms with Crippen LogP contribution in [0.5, 0.6) is 0 Å². The summed E-state index contributed by atoms with van der Waals surface area (Å²) >= 11 is 0. The lowest BCUT2D eigenvalue weighted by atomic mass is 9.99. The number of hydrogen-bond acceptors (Lipinski definition) is 5. The summed E-state index contributed by atoms with van der Waals surface area (Å²) in [6.07, 6.45) is 0. The highest BCUT2D eigenvalue weighted by atomic mass is 16.6. The predicted molar refractivity (Wildman–Crippen MR) is 79.1 cm³/mol. The van der Waals surface area contributed by atoms with Gasteiger partial charge in [-0.05, 0) is 37.1 Å². The summed E-state index contributed by atoms with van der Waals surface area (Å²) in [5.74, 6) is -0.487. The van der Waals surface area contributed by atoms with E-state index in [0.29, 0.717) is 11.1 Å². The number of rotatable bonds is 4. The SMILES string of the molecule is Cc1cc(C(=O)c2cc(C)cc([N+](=O)[O-])c2)cc([N+](=O)[O-])c1. The van der Waals surface area contributed by atoms with Crippen molar-refractivity contribution in [3.05, 3.63) is 78.9 Å². The summed E-state index contributed by atoms with van der Waals surface area (Å²) in [7, 11) is 0. The van der Waals surface area contributed by atoms with Crippen molar-refractivity contribution in [1.29, 1.82) is 0 Å². The molecule has 0 atom stereocenters. The third kappa shape index (κ3) is 3.14. The highest BCUT2D eigenvalue weighted by molar-refractivity contribution is 6.09. The van der Waals surface area contributed by atoms with Crippen molar-refractivity contribution in [3.8, 4) is 0 Å². The second-order valence-electron chi connectivity index (χ2n) is 4.96. The van der Waals surface area contributed by atoms with Gasteiger partial charge in [0.05, 0.1) is 9.85 Å². The Morgan fingerprint density at radius 1 is 0.773 bits per heavy atom. The monoisotopic (exact) mass is 300 g/mol. The molecular weight excluding hydrogens is 288 g/mol. The highest BCUT2D eigenvalue weighted by Gasteiger charge is 2.18. The second-order valence-corrected chi connectivity index (χ2v) is 4.96. The summed E-state index contributed by atoms with van der Waals surface area (Å²) in [5.41, 5.74) is 1.02. The first kappa shape index (κ1) is 15.3.